The summed E-state index contributed by atoms with van der Waals surface area (Å²) in [4.78, 5) is 0. The van der Waals surface area contributed by atoms with Gasteiger partial charge in [-0.15, -0.1) is 0 Å². The summed E-state index contributed by atoms with van der Waals surface area (Å²) < 4.78 is 0. The molecule has 0 aliphatic rings. The molecule has 0 heterocycles. The second-order valence-electron chi connectivity index (χ2n) is 2.24. The first-order valence-corrected chi connectivity index (χ1v) is 3.47. The molecule has 0 fully saturated rings. The van der Waals surface area contributed by atoms with Crippen LogP contribution in [0.1, 0.15) is 18.9 Å². The average molecular weight is 329 g/mol. The van der Waals surface area contributed by atoms with Gasteiger partial charge in [-0.1, -0.05) is 43.7 Å². The fraction of sp³-hybridized carbons (Fsp3) is 0.333. The Morgan fingerprint density at radius 2 is 1.70 bits per heavy atom. The van der Waals surface area contributed by atoms with E-state index in [1.54, 1.807) is 0 Å². The van der Waals surface area contributed by atoms with Gasteiger partial charge in [0.2, 0.25) is 0 Å². The normalized spacial score (nSPS) is 8.50. The van der Waals surface area contributed by atoms with E-state index in [0.29, 0.717) is 0 Å². The predicted molar refractivity (Wildman–Crippen MR) is 49.0 cm³/mol. The zero-order valence-electron chi connectivity index (χ0n) is 6.51. The summed E-state index contributed by atoms with van der Waals surface area (Å²) >= 11 is 0. The molecule has 0 saturated heterocycles. The standard InChI is InChI=1S/C9H12.Pb.2H/c1-2-6-9-7-4-3-5-8-9;;;/h3-5,7-8H,2,6H2,1H3;;;. The van der Waals surface area contributed by atoms with Crippen LogP contribution in [0.2, 0.25) is 0 Å². The number of hydrogen-bond donors (Lipinski definition) is 0. The van der Waals surface area contributed by atoms with Crippen molar-refractivity contribution in [2.75, 3.05) is 0 Å². The summed E-state index contributed by atoms with van der Waals surface area (Å²) in [6.07, 6.45) is 2.45. The van der Waals surface area contributed by atoms with Crippen molar-refractivity contribution >= 4 is 27.3 Å². The molecule has 1 aromatic rings. The van der Waals surface area contributed by atoms with E-state index in [1.165, 1.54) is 18.4 Å². The van der Waals surface area contributed by atoms with Crippen molar-refractivity contribution in [3.8, 4) is 0 Å². The minimum atomic E-state index is 0. The summed E-state index contributed by atoms with van der Waals surface area (Å²) in [5, 5.41) is 0. The molecule has 0 aromatic heterocycles. The van der Waals surface area contributed by atoms with Crippen LogP contribution < -0.4 is 0 Å². The van der Waals surface area contributed by atoms with Gasteiger partial charge in [-0.2, -0.15) is 0 Å². The zero-order chi connectivity index (χ0) is 6.53. The van der Waals surface area contributed by atoms with E-state index in [-0.39, 0.29) is 27.3 Å². The summed E-state index contributed by atoms with van der Waals surface area (Å²) in [6, 6.07) is 10.6. The Morgan fingerprint density at radius 1 is 1.10 bits per heavy atom. The van der Waals surface area contributed by atoms with Crippen molar-refractivity contribution in [3.63, 3.8) is 0 Å². The summed E-state index contributed by atoms with van der Waals surface area (Å²) in [7, 11) is 0. The SMILES string of the molecule is CCCc1ccccc1.[PbH2]. The van der Waals surface area contributed by atoms with Crippen molar-refractivity contribution in [1.29, 1.82) is 0 Å². The molecule has 1 aromatic carbocycles. The Kier molecular flexibility index (Phi) is 5.98. The molecule has 54 valence electrons. The van der Waals surface area contributed by atoms with Crippen LogP contribution in [-0.2, 0) is 6.42 Å². The molecule has 0 saturated carbocycles. The maximum absolute atomic E-state index is 2.20. The van der Waals surface area contributed by atoms with Crippen LogP contribution in [-0.4, -0.2) is 27.3 Å². The molecular formula is C9H14Pb. The van der Waals surface area contributed by atoms with Gasteiger partial charge >= 0.3 is 27.3 Å². The molecule has 0 N–H and O–H groups in total. The second kappa shape index (κ2) is 5.89. The molecule has 1 rings (SSSR count). The Balaban J connectivity index is 0.000000810. The second-order valence-corrected chi connectivity index (χ2v) is 2.24. The van der Waals surface area contributed by atoms with Crippen molar-refractivity contribution < 1.29 is 0 Å². The van der Waals surface area contributed by atoms with Gasteiger partial charge in [0.25, 0.3) is 0 Å². The first-order chi connectivity index (χ1) is 4.43. The van der Waals surface area contributed by atoms with Gasteiger partial charge in [-0.05, 0) is 12.0 Å². The number of aryl methyl sites for hydroxylation is 1. The number of rotatable bonds is 2. The summed E-state index contributed by atoms with van der Waals surface area (Å²) in [6.45, 7) is 2.20. The van der Waals surface area contributed by atoms with Crippen molar-refractivity contribution in [2.45, 2.75) is 19.8 Å². The van der Waals surface area contributed by atoms with E-state index in [1.807, 2.05) is 0 Å². The quantitative estimate of drug-likeness (QED) is 0.725. The van der Waals surface area contributed by atoms with Crippen LogP contribution in [0.4, 0.5) is 0 Å². The maximum atomic E-state index is 2.20. The van der Waals surface area contributed by atoms with Gasteiger partial charge < -0.3 is 0 Å². The van der Waals surface area contributed by atoms with Crippen molar-refractivity contribution in [1.82, 2.24) is 0 Å². The van der Waals surface area contributed by atoms with Crippen LogP contribution in [0.25, 0.3) is 0 Å². The van der Waals surface area contributed by atoms with Gasteiger partial charge in [-0.25, -0.2) is 0 Å². The zero-order valence-corrected chi connectivity index (χ0v) is 12.0. The summed E-state index contributed by atoms with van der Waals surface area (Å²) in [5.74, 6) is 0. The van der Waals surface area contributed by atoms with Crippen LogP contribution in [0.3, 0.4) is 0 Å². The molecule has 1 heteroatoms. The van der Waals surface area contributed by atoms with Gasteiger partial charge in [-0.3, -0.25) is 0 Å². The monoisotopic (exact) mass is 330 g/mol. The van der Waals surface area contributed by atoms with E-state index >= 15 is 0 Å². The minimum absolute atomic E-state index is 0. The Labute approximate surface area is 82.8 Å². The molecule has 0 unspecified atom stereocenters. The molecule has 0 bridgehead atoms. The van der Waals surface area contributed by atoms with E-state index in [0.717, 1.165) is 0 Å². The average Bonchev–Trinajstić information content (AvgIpc) is 1.91. The molecular weight excluding hydrogens is 315 g/mol. The molecule has 0 atom stereocenters. The first-order valence-electron chi connectivity index (χ1n) is 3.47. The Hall–Kier alpha value is 0.142. The molecule has 2 radical (unpaired) electrons. The van der Waals surface area contributed by atoms with Crippen LogP contribution in [0.5, 0.6) is 0 Å². The third-order valence-electron chi connectivity index (χ3n) is 1.38. The topological polar surface area (TPSA) is 0 Å². The predicted octanol–water partition coefficient (Wildman–Crippen LogP) is 1.72. The van der Waals surface area contributed by atoms with Crippen molar-refractivity contribution in [3.05, 3.63) is 35.9 Å². The van der Waals surface area contributed by atoms with Crippen LogP contribution in [0, 0.1) is 0 Å². The number of benzene rings is 1. The molecule has 0 nitrogen and oxygen atoms in total. The van der Waals surface area contributed by atoms with E-state index in [2.05, 4.69) is 37.3 Å². The fourth-order valence-corrected chi connectivity index (χ4v) is 0.933. The summed E-state index contributed by atoms with van der Waals surface area (Å²) in [5.41, 5.74) is 1.44. The van der Waals surface area contributed by atoms with Gasteiger partial charge in [0.1, 0.15) is 0 Å². The van der Waals surface area contributed by atoms with Crippen LogP contribution >= 0.6 is 0 Å². The van der Waals surface area contributed by atoms with Gasteiger partial charge in [0.15, 0.2) is 0 Å². The third kappa shape index (κ3) is 3.35. The fourth-order valence-electron chi connectivity index (χ4n) is 0.933. The van der Waals surface area contributed by atoms with Gasteiger partial charge in [0, 0.05) is 0 Å². The van der Waals surface area contributed by atoms with Crippen LogP contribution in [0.15, 0.2) is 30.3 Å². The molecule has 0 spiro atoms. The Morgan fingerprint density at radius 3 is 2.20 bits per heavy atom. The third-order valence-corrected chi connectivity index (χ3v) is 1.38. The first kappa shape index (κ1) is 10.1. The van der Waals surface area contributed by atoms with E-state index in [9.17, 15) is 0 Å². The molecule has 0 amide bonds. The van der Waals surface area contributed by atoms with Crippen molar-refractivity contribution in [2.24, 2.45) is 0 Å². The molecule has 10 heavy (non-hydrogen) atoms. The number of hydrogen-bond acceptors (Lipinski definition) is 0. The van der Waals surface area contributed by atoms with E-state index in [4.69, 9.17) is 0 Å². The molecule has 0 aliphatic heterocycles. The Bertz CT molecular complexity index is 158. The molecule has 0 aliphatic carbocycles. The van der Waals surface area contributed by atoms with E-state index < -0.39 is 0 Å². The van der Waals surface area contributed by atoms with Gasteiger partial charge in [0.05, 0.1) is 0 Å².